The summed E-state index contributed by atoms with van der Waals surface area (Å²) in [5.41, 5.74) is 5.02. The van der Waals surface area contributed by atoms with Crippen LogP contribution in [0.25, 0.3) is 28.6 Å². The molecule has 0 bridgehead atoms. The van der Waals surface area contributed by atoms with E-state index in [0.29, 0.717) is 15.9 Å². The van der Waals surface area contributed by atoms with Crippen LogP contribution in [0.2, 0.25) is 0 Å². The van der Waals surface area contributed by atoms with Crippen molar-refractivity contribution in [2.75, 3.05) is 0 Å². The van der Waals surface area contributed by atoms with Crippen LogP contribution in [0.3, 0.4) is 0 Å². The van der Waals surface area contributed by atoms with Crippen LogP contribution in [-0.2, 0) is 0 Å². The Balaban J connectivity index is 1.53. The maximum atomic E-state index is 11.0. The molecule has 0 saturated heterocycles. The molecule has 0 fully saturated rings. The van der Waals surface area contributed by atoms with Crippen LogP contribution in [0.4, 0.5) is 11.4 Å². The molecule has 6 nitrogen and oxygen atoms in total. The number of aliphatic imine (C=N–C) groups is 1. The summed E-state index contributed by atoms with van der Waals surface area (Å²) in [4.78, 5) is 19.6. The van der Waals surface area contributed by atoms with Gasteiger partial charge in [-0.05, 0) is 76.5 Å². The summed E-state index contributed by atoms with van der Waals surface area (Å²) in [6.07, 6.45) is 5.14. The van der Waals surface area contributed by atoms with Gasteiger partial charge in [-0.2, -0.15) is 0 Å². The summed E-state index contributed by atoms with van der Waals surface area (Å²) in [6.45, 7) is 2.02. The summed E-state index contributed by atoms with van der Waals surface area (Å²) < 4.78 is 6.30. The van der Waals surface area contributed by atoms with Crippen molar-refractivity contribution in [2.24, 2.45) is 4.99 Å². The number of halogens is 1. The van der Waals surface area contributed by atoms with Crippen LogP contribution in [0.1, 0.15) is 11.1 Å². The zero-order valence-corrected chi connectivity index (χ0v) is 17.5. The molecule has 1 aromatic heterocycles. The number of allylic oxidation sites excluding steroid dienone is 1. The molecule has 0 N–H and O–H groups in total. The average Bonchev–Trinajstić information content (AvgIpc) is 3.15. The first-order valence-electron chi connectivity index (χ1n) is 9.12. The van der Waals surface area contributed by atoms with Crippen molar-refractivity contribution in [3.05, 3.63) is 92.5 Å². The van der Waals surface area contributed by atoms with Crippen LogP contribution >= 0.6 is 15.9 Å². The molecule has 1 heterocycles. The Morgan fingerprint density at radius 3 is 2.83 bits per heavy atom. The Kier molecular flexibility index (Phi) is 5.54. The molecule has 0 aliphatic rings. The first-order chi connectivity index (χ1) is 14.5. The lowest BCUT2D eigenvalue weighted by atomic mass is 10.2. The van der Waals surface area contributed by atoms with E-state index in [-0.39, 0.29) is 5.69 Å². The first kappa shape index (κ1) is 19.7. The average molecular weight is 462 g/mol. The van der Waals surface area contributed by atoms with Crippen molar-refractivity contribution >= 4 is 50.7 Å². The Morgan fingerprint density at radius 1 is 1.13 bits per heavy atom. The maximum absolute atomic E-state index is 11.0. The van der Waals surface area contributed by atoms with Crippen LogP contribution in [0.15, 0.2) is 80.6 Å². The number of aryl methyl sites for hydroxylation is 1. The maximum Gasteiger partial charge on any atom is 0.284 e. The lowest BCUT2D eigenvalue weighted by Crippen LogP contribution is -1.89. The van der Waals surface area contributed by atoms with Gasteiger partial charge in [0.15, 0.2) is 5.58 Å². The van der Waals surface area contributed by atoms with E-state index in [1.54, 1.807) is 30.5 Å². The monoisotopic (exact) mass is 461 g/mol. The molecule has 0 spiro atoms. The van der Waals surface area contributed by atoms with Crippen molar-refractivity contribution in [2.45, 2.75) is 6.92 Å². The minimum atomic E-state index is -0.422. The highest BCUT2D eigenvalue weighted by atomic mass is 79.9. The number of nitrogens with zero attached hydrogens (tertiary/aromatic N) is 3. The summed E-state index contributed by atoms with van der Waals surface area (Å²) in [6, 6.07) is 18.4. The molecular formula is C23H16BrN3O3. The van der Waals surface area contributed by atoms with E-state index in [4.69, 9.17) is 4.42 Å². The fraction of sp³-hybridized carbons (Fsp3) is 0.0435. The van der Waals surface area contributed by atoms with E-state index in [2.05, 4.69) is 25.9 Å². The lowest BCUT2D eigenvalue weighted by Gasteiger charge is -1.98. The molecule has 0 amide bonds. The van der Waals surface area contributed by atoms with Gasteiger partial charge in [0.2, 0.25) is 5.89 Å². The Morgan fingerprint density at radius 2 is 2.00 bits per heavy atom. The first-order valence-corrected chi connectivity index (χ1v) is 9.91. The number of rotatable bonds is 5. The van der Waals surface area contributed by atoms with E-state index in [0.717, 1.165) is 27.9 Å². The van der Waals surface area contributed by atoms with Crippen LogP contribution in [-0.4, -0.2) is 16.1 Å². The van der Waals surface area contributed by atoms with Crippen LogP contribution in [0.5, 0.6) is 0 Å². The van der Waals surface area contributed by atoms with Gasteiger partial charge in [0.25, 0.3) is 5.69 Å². The Labute approximate surface area is 180 Å². The van der Waals surface area contributed by atoms with E-state index in [1.165, 1.54) is 6.07 Å². The molecule has 0 aliphatic heterocycles. The van der Waals surface area contributed by atoms with Crippen molar-refractivity contribution in [1.82, 2.24) is 4.98 Å². The summed E-state index contributed by atoms with van der Waals surface area (Å²) >= 11 is 3.18. The van der Waals surface area contributed by atoms with E-state index >= 15 is 0 Å². The molecule has 4 rings (SSSR count). The highest BCUT2D eigenvalue weighted by molar-refractivity contribution is 9.10. The second-order valence-electron chi connectivity index (χ2n) is 6.65. The van der Waals surface area contributed by atoms with Crippen molar-refractivity contribution in [3.8, 4) is 11.5 Å². The van der Waals surface area contributed by atoms with Gasteiger partial charge in [-0.25, -0.2) is 4.98 Å². The normalized spacial score (nSPS) is 11.7. The zero-order chi connectivity index (χ0) is 21.1. The summed E-state index contributed by atoms with van der Waals surface area (Å²) in [5, 5.41) is 11.0. The number of nitro benzene ring substituents is 1. The molecule has 0 saturated carbocycles. The molecule has 30 heavy (non-hydrogen) atoms. The van der Waals surface area contributed by atoms with Gasteiger partial charge in [-0.1, -0.05) is 24.3 Å². The largest absolute Gasteiger partial charge is 0.436 e. The molecule has 0 aliphatic carbocycles. The molecule has 0 radical (unpaired) electrons. The van der Waals surface area contributed by atoms with Crippen molar-refractivity contribution in [3.63, 3.8) is 0 Å². The third kappa shape index (κ3) is 4.36. The van der Waals surface area contributed by atoms with Crippen LogP contribution in [0, 0.1) is 17.0 Å². The molecular weight excluding hydrogens is 446 g/mol. The predicted octanol–water partition coefficient (Wildman–Crippen LogP) is 6.89. The van der Waals surface area contributed by atoms with E-state index < -0.39 is 4.92 Å². The van der Waals surface area contributed by atoms with E-state index in [9.17, 15) is 10.1 Å². The van der Waals surface area contributed by atoms with Crippen molar-refractivity contribution < 1.29 is 9.34 Å². The van der Waals surface area contributed by atoms with Gasteiger partial charge < -0.3 is 4.42 Å². The van der Waals surface area contributed by atoms with Gasteiger partial charge in [-0.3, -0.25) is 15.1 Å². The zero-order valence-electron chi connectivity index (χ0n) is 15.9. The number of hydrogen-bond acceptors (Lipinski definition) is 5. The SMILES string of the molecule is Cc1ccc2oc(-c3cccc(N=C/C=C/c4ccc(Br)c([N+](=O)[O-])c4)c3)nc2c1. The van der Waals surface area contributed by atoms with Crippen LogP contribution < -0.4 is 0 Å². The van der Waals surface area contributed by atoms with Gasteiger partial charge in [0, 0.05) is 17.8 Å². The Bertz CT molecular complexity index is 1310. The fourth-order valence-corrected chi connectivity index (χ4v) is 3.33. The van der Waals surface area contributed by atoms with Gasteiger partial charge in [0.1, 0.15) is 5.52 Å². The lowest BCUT2D eigenvalue weighted by molar-refractivity contribution is -0.385. The topological polar surface area (TPSA) is 81.5 Å². The number of benzene rings is 3. The third-order valence-corrected chi connectivity index (χ3v) is 5.07. The summed E-state index contributed by atoms with van der Waals surface area (Å²) in [7, 11) is 0. The van der Waals surface area contributed by atoms with Gasteiger partial charge >= 0.3 is 0 Å². The minimum Gasteiger partial charge on any atom is -0.436 e. The Hall–Kier alpha value is -3.58. The highest BCUT2D eigenvalue weighted by Gasteiger charge is 2.11. The quantitative estimate of drug-likeness (QED) is 0.184. The highest BCUT2D eigenvalue weighted by Crippen LogP contribution is 2.28. The van der Waals surface area contributed by atoms with Crippen molar-refractivity contribution in [1.29, 1.82) is 0 Å². The van der Waals surface area contributed by atoms with E-state index in [1.807, 2.05) is 49.4 Å². The molecule has 0 atom stereocenters. The second kappa shape index (κ2) is 8.42. The molecule has 4 aromatic rings. The second-order valence-corrected chi connectivity index (χ2v) is 7.50. The predicted molar refractivity (Wildman–Crippen MR) is 122 cm³/mol. The molecule has 148 valence electrons. The molecule has 7 heteroatoms. The van der Waals surface area contributed by atoms with Gasteiger partial charge in [0.05, 0.1) is 15.1 Å². The standard InChI is InChI=1S/C23H16BrN3O3/c1-15-7-10-22-20(12-15)26-23(30-22)17-5-2-6-18(14-17)25-11-3-4-16-8-9-19(24)21(13-16)27(28)29/h2-14H,1H3/b4-3+,25-11?. The smallest absolute Gasteiger partial charge is 0.284 e. The number of nitro groups is 1. The fourth-order valence-electron chi connectivity index (χ4n) is 2.94. The number of oxazole rings is 1. The molecule has 0 unspecified atom stereocenters. The molecule has 3 aromatic carbocycles. The number of aromatic nitrogens is 1. The number of fused-ring (bicyclic) bond motifs is 1. The summed E-state index contributed by atoms with van der Waals surface area (Å²) in [5.74, 6) is 0.547. The third-order valence-electron chi connectivity index (χ3n) is 4.40. The number of hydrogen-bond donors (Lipinski definition) is 0. The van der Waals surface area contributed by atoms with Gasteiger partial charge in [-0.15, -0.1) is 0 Å². The minimum absolute atomic E-state index is 0.0234.